The van der Waals surface area contributed by atoms with Crippen LogP contribution in [0.1, 0.15) is 12.1 Å². The molecule has 2 atom stereocenters. The third kappa shape index (κ3) is 2.10. The average Bonchev–Trinajstić information content (AvgIpc) is 2.75. The van der Waals surface area contributed by atoms with Gasteiger partial charge in [-0.2, -0.15) is 0 Å². The molecule has 1 fully saturated rings. The summed E-state index contributed by atoms with van der Waals surface area (Å²) >= 11 is 1.58. The molecular weight excluding hydrogens is 200 g/mol. The summed E-state index contributed by atoms with van der Waals surface area (Å²) < 4.78 is 0. The monoisotopic (exact) mass is 212 g/mol. The Balaban J connectivity index is 1.87. The van der Waals surface area contributed by atoms with Crippen LogP contribution in [0.15, 0.2) is 10.9 Å². The van der Waals surface area contributed by atoms with Crippen molar-refractivity contribution in [2.24, 2.45) is 5.92 Å². The number of hydrogen-bond donors (Lipinski definition) is 2. The van der Waals surface area contributed by atoms with E-state index in [1.54, 1.807) is 11.3 Å². The first kappa shape index (κ1) is 9.61. The molecule has 2 heterocycles. The number of carboxylic acid groups (broad SMARTS) is 1. The number of nitrogens with zero attached hydrogens (tertiary/aromatic N) is 1. The molecule has 0 amide bonds. The Morgan fingerprint density at radius 1 is 1.79 bits per heavy atom. The molecule has 14 heavy (non-hydrogen) atoms. The highest BCUT2D eigenvalue weighted by Crippen LogP contribution is 2.19. The van der Waals surface area contributed by atoms with Crippen molar-refractivity contribution in [1.82, 2.24) is 10.3 Å². The van der Waals surface area contributed by atoms with Crippen molar-refractivity contribution in [1.29, 1.82) is 0 Å². The van der Waals surface area contributed by atoms with Crippen LogP contribution in [0, 0.1) is 5.92 Å². The molecule has 0 spiro atoms. The average molecular weight is 212 g/mol. The van der Waals surface area contributed by atoms with E-state index < -0.39 is 5.97 Å². The van der Waals surface area contributed by atoms with E-state index in [0.29, 0.717) is 12.3 Å². The molecule has 1 aliphatic heterocycles. The van der Waals surface area contributed by atoms with E-state index in [2.05, 4.69) is 10.3 Å². The van der Waals surface area contributed by atoms with Gasteiger partial charge in [-0.15, -0.1) is 11.3 Å². The number of nitrogens with one attached hydrogen (secondary N) is 1. The van der Waals surface area contributed by atoms with Gasteiger partial charge in [0.05, 0.1) is 11.2 Å². The summed E-state index contributed by atoms with van der Waals surface area (Å²) in [7, 11) is 0. The zero-order valence-corrected chi connectivity index (χ0v) is 8.46. The number of thiazole rings is 1. The lowest BCUT2D eigenvalue weighted by molar-refractivity contribution is -0.139. The van der Waals surface area contributed by atoms with E-state index in [1.165, 1.54) is 0 Å². The normalized spacial score (nSPS) is 26.6. The molecule has 0 bridgehead atoms. The molecule has 2 N–H and O–H groups in total. The number of aromatic nitrogens is 1. The molecule has 0 radical (unpaired) electrons. The summed E-state index contributed by atoms with van der Waals surface area (Å²) in [6, 6.07) is -0.362. The molecule has 0 saturated carbocycles. The highest BCUT2D eigenvalue weighted by Gasteiger charge is 2.29. The minimum Gasteiger partial charge on any atom is -0.480 e. The first-order valence-corrected chi connectivity index (χ1v) is 5.53. The molecule has 0 aliphatic carbocycles. The van der Waals surface area contributed by atoms with E-state index in [1.807, 2.05) is 10.9 Å². The third-order valence-corrected chi connectivity index (χ3v) is 3.14. The van der Waals surface area contributed by atoms with Crippen molar-refractivity contribution in [3.05, 3.63) is 16.6 Å². The van der Waals surface area contributed by atoms with Crippen molar-refractivity contribution < 1.29 is 9.90 Å². The lowest BCUT2D eigenvalue weighted by atomic mass is 10.0. The Bertz CT molecular complexity index is 313. The van der Waals surface area contributed by atoms with E-state index in [9.17, 15) is 4.79 Å². The van der Waals surface area contributed by atoms with E-state index in [-0.39, 0.29) is 6.04 Å². The Kier molecular flexibility index (Phi) is 2.79. The molecule has 1 aromatic heterocycles. The highest BCUT2D eigenvalue weighted by atomic mass is 32.1. The quantitative estimate of drug-likeness (QED) is 0.776. The summed E-state index contributed by atoms with van der Waals surface area (Å²) in [5, 5.41) is 13.8. The van der Waals surface area contributed by atoms with Gasteiger partial charge in [-0.3, -0.25) is 4.79 Å². The third-order valence-electron chi connectivity index (χ3n) is 2.50. The molecule has 1 aliphatic rings. The summed E-state index contributed by atoms with van der Waals surface area (Å²) in [6.45, 7) is 0.786. The zero-order chi connectivity index (χ0) is 9.97. The number of aliphatic carboxylic acids is 1. The Labute approximate surface area is 86.0 Å². The van der Waals surface area contributed by atoms with Crippen LogP contribution in [0.3, 0.4) is 0 Å². The van der Waals surface area contributed by atoms with Gasteiger partial charge in [-0.1, -0.05) is 0 Å². The van der Waals surface area contributed by atoms with Gasteiger partial charge >= 0.3 is 5.97 Å². The number of rotatable bonds is 3. The van der Waals surface area contributed by atoms with Crippen LogP contribution < -0.4 is 5.32 Å². The first-order valence-electron chi connectivity index (χ1n) is 4.59. The molecule has 5 heteroatoms. The number of carbonyl (C=O) groups is 1. The van der Waals surface area contributed by atoms with Gasteiger partial charge in [0.15, 0.2) is 0 Å². The van der Waals surface area contributed by atoms with Gasteiger partial charge in [0.2, 0.25) is 0 Å². The largest absolute Gasteiger partial charge is 0.480 e. The van der Waals surface area contributed by atoms with Crippen molar-refractivity contribution >= 4 is 17.3 Å². The van der Waals surface area contributed by atoms with Crippen LogP contribution in [0.4, 0.5) is 0 Å². The zero-order valence-electron chi connectivity index (χ0n) is 7.64. The van der Waals surface area contributed by atoms with Crippen LogP contribution in [-0.2, 0) is 11.2 Å². The molecule has 0 aromatic carbocycles. The maximum Gasteiger partial charge on any atom is 0.320 e. The summed E-state index contributed by atoms with van der Waals surface area (Å²) in [5.41, 5.74) is 2.89. The van der Waals surface area contributed by atoms with Gasteiger partial charge in [0.25, 0.3) is 0 Å². The first-order chi connectivity index (χ1) is 6.75. The van der Waals surface area contributed by atoms with Crippen LogP contribution in [0.2, 0.25) is 0 Å². The predicted octanol–water partition coefficient (Wildman–Crippen LogP) is 0.748. The number of carboxylic acids is 1. The van der Waals surface area contributed by atoms with Crippen molar-refractivity contribution in [3.8, 4) is 0 Å². The fourth-order valence-corrected chi connectivity index (χ4v) is 2.36. The number of hydrogen-bond acceptors (Lipinski definition) is 4. The fourth-order valence-electron chi connectivity index (χ4n) is 1.79. The maximum atomic E-state index is 10.7. The maximum absolute atomic E-state index is 10.7. The van der Waals surface area contributed by atoms with Crippen LogP contribution in [0.5, 0.6) is 0 Å². The molecule has 4 nitrogen and oxygen atoms in total. The van der Waals surface area contributed by atoms with Gasteiger partial charge in [-0.05, 0) is 25.3 Å². The minimum atomic E-state index is -0.745. The second kappa shape index (κ2) is 4.06. The topological polar surface area (TPSA) is 62.2 Å². The van der Waals surface area contributed by atoms with Gasteiger partial charge < -0.3 is 10.4 Å². The predicted molar refractivity (Wildman–Crippen MR) is 53.4 cm³/mol. The lowest BCUT2D eigenvalue weighted by Crippen LogP contribution is -2.29. The highest BCUT2D eigenvalue weighted by molar-refractivity contribution is 7.07. The molecule has 2 rings (SSSR count). The molecule has 2 unspecified atom stereocenters. The van der Waals surface area contributed by atoms with Crippen molar-refractivity contribution in [2.75, 3.05) is 6.54 Å². The van der Waals surface area contributed by atoms with E-state index >= 15 is 0 Å². The second-order valence-electron chi connectivity index (χ2n) is 3.58. The van der Waals surface area contributed by atoms with E-state index in [4.69, 9.17) is 5.11 Å². The summed E-state index contributed by atoms with van der Waals surface area (Å²) in [6.07, 6.45) is 1.60. The Hall–Kier alpha value is -0.940. The van der Waals surface area contributed by atoms with Crippen LogP contribution in [-0.4, -0.2) is 28.6 Å². The van der Waals surface area contributed by atoms with Crippen LogP contribution in [0.25, 0.3) is 0 Å². The molecule has 1 saturated heterocycles. The summed E-state index contributed by atoms with van der Waals surface area (Å²) in [4.78, 5) is 14.9. The summed E-state index contributed by atoms with van der Waals surface area (Å²) in [5.74, 6) is -0.330. The Morgan fingerprint density at radius 2 is 2.64 bits per heavy atom. The smallest absolute Gasteiger partial charge is 0.320 e. The SMILES string of the molecule is O=C(O)C1CC(Cc2cscn2)CN1. The van der Waals surface area contributed by atoms with Gasteiger partial charge in [0, 0.05) is 5.38 Å². The molecular formula is C9H12N2O2S. The van der Waals surface area contributed by atoms with Crippen molar-refractivity contribution in [3.63, 3.8) is 0 Å². The van der Waals surface area contributed by atoms with E-state index in [0.717, 1.165) is 18.7 Å². The second-order valence-corrected chi connectivity index (χ2v) is 4.30. The minimum absolute atomic E-state index is 0.362. The van der Waals surface area contributed by atoms with Gasteiger partial charge in [-0.25, -0.2) is 4.98 Å². The Morgan fingerprint density at radius 3 is 3.21 bits per heavy atom. The molecule has 1 aromatic rings. The standard InChI is InChI=1S/C9H12N2O2S/c12-9(13)8-2-6(3-10-8)1-7-4-14-5-11-7/h4-6,8,10H,1-3H2,(H,12,13). The van der Waals surface area contributed by atoms with Crippen LogP contribution >= 0.6 is 11.3 Å². The molecule has 76 valence electrons. The van der Waals surface area contributed by atoms with Gasteiger partial charge in [0.1, 0.15) is 6.04 Å². The lowest BCUT2D eigenvalue weighted by Gasteiger charge is -2.04. The fraction of sp³-hybridized carbons (Fsp3) is 0.556. The van der Waals surface area contributed by atoms with Crippen molar-refractivity contribution in [2.45, 2.75) is 18.9 Å².